The van der Waals surface area contributed by atoms with Crippen molar-refractivity contribution >= 4 is 29.7 Å². The molecule has 10 nitrogen and oxygen atoms in total. The molecule has 1 saturated heterocycles. The number of likely N-dealkylation sites (tertiary alicyclic amines) is 1. The Bertz CT molecular complexity index is 897. The summed E-state index contributed by atoms with van der Waals surface area (Å²) < 4.78 is 5.23. The molecule has 0 radical (unpaired) electrons. The van der Waals surface area contributed by atoms with Gasteiger partial charge in [0.25, 0.3) is 0 Å². The van der Waals surface area contributed by atoms with Gasteiger partial charge in [0.2, 0.25) is 23.7 Å². The molecule has 1 fully saturated rings. The maximum atomic E-state index is 12.2. The van der Waals surface area contributed by atoms with Crippen LogP contribution in [0.2, 0.25) is 0 Å². The number of esters is 1. The van der Waals surface area contributed by atoms with Gasteiger partial charge in [0, 0.05) is 26.9 Å². The summed E-state index contributed by atoms with van der Waals surface area (Å²) >= 11 is 0. The Morgan fingerprint density at radius 2 is 1.75 bits per heavy atom. The molecule has 0 spiro atoms. The molecule has 1 aliphatic heterocycles. The minimum Gasteiger partial charge on any atom is -0.454 e. The van der Waals surface area contributed by atoms with Crippen LogP contribution in [-0.2, 0) is 27.5 Å². The smallest absolute Gasteiger partial charge is 0.338 e. The minimum atomic E-state index is -0.551. The number of hydrogen-bond acceptors (Lipinski definition) is 9. The third kappa shape index (κ3) is 4.40. The van der Waals surface area contributed by atoms with Gasteiger partial charge in [0.1, 0.15) is 0 Å². The highest BCUT2D eigenvalue weighted by Crippen LogP contribution is 2.16. The molecule has 2 N–H and O–H groups in total. The van der Waals surface area contributed by atoms with Gasteiger partial charge < -0.3 is 15.4 Å². The zero-order chi connectivity index (χ0) is 20.3. The number of anilines is 2. The average molecular weight is 384 g/mol. The topological polar surface area (TPSA) is 132 Å². The fourth-order valence-electron chi connectivity index (χ4n) is 2.63. The van der Waals surface area contributed by atoms with E-state index in [1.165, 1.54) is 4.90 Å². The molecule has 10 heteroatoms. The first kappa shape index (κ1) is 19.2. The van der Waals surface area contributed by atoms with Crippen LogP contribution >= 0.6 is 0 Å². The molecular weight excluding hydrogens is 364 g/mol. The molecule has 146 valence electrons. The summed E-state index contributed by atoms with van der Waals surface area (Å²) in [6, 6.07) is 6.52. The first-order valence-electron chi connectivity index (χ1n) is 8.60. The summed E-state index contributed by atoms with van der Waals surface area (Å²) in [6.45, 7) is 0.0510. The molecule has 0 bridgehead atoms. The molecule has 1 aromatic carbocycles. The van der Waals surface area contributed by atoms with E-state index >= 15 is 0 Å². The van der Waals surface area contributed by atoms with Crippen molar-refractivity contribution in [3.8, 4) is 0 Å². The zero-order valence-electron chi connectivity index (χ0n) is 15.6. The number of rotatable bonds is 6. The lowest BCUT2D eigenvalue weighted by atomic mass is 10.1. The number of carbonyl (C=O) groups is 3. The number of carbonyl (C=O) groups excluding carboxylic acids is 3. The van der Waals surface area contributed by atoms with E-state index in [0.717, 1.165) is 5.56 Å². The largest absolute Gasteiger partial charge is 0.454 e. The van der Waals surface area contributed by atoms with Gasteiger partial charge in [-0.3, -0.25) is 14.5 Å². The molecular formula is C18H20N6O4. The highest BCUT2D eigenvalue weighted by molar-refractivity contribution is 6.01. The number of ether oxygens (including phenoxy) is 1. The van der Waals surface area contributed by atoms with Crippen molar-refractivity contribution in [1.82, 2.24) is 19.9 Å². The first-order chi connectivity index (χ1) is 13.3. The molecule has 1 aliphatic rings. The first-order valence-corrected chi connectivity index (χ1v) is 8.60. The van der Waals surface area contributed by atoms with Crippen LogP contribution in [-0.4, -0.2) is 51.7 Å². The van der Waals surface area contributed by atoms with E-state index in [2.05, 4.69) is 15.0 Å². The summed E-state index contributed by atoms with van der Waals surface area (Å²) in [7, 11) is 3.52. The molecule has 0 saturated carbocycles. The highest BCUT2D eigenvalue weighted by Gasteiger charge is 2.28. The quantitative estimate of drug-likeness (QED) is 0.559. The third-order valence-electron chi connectivity index (χ3n) is 4.10. The number of imide groups is 1. The Hall–Kier alpha value is -3.56. The van der Waals surface area contributed by atoms with E-state index in [-0.39, 0.29) is 49.6 Å². The monoisotopic (exact) mass is 384 g/mol. The summed E-state index contributed by atoms with van der Waals surface area (Å²) in [5.41, 5.74) is 6.72. The Labute approximate surface area is 161 Å². The van der Waals surface area contributed by atoms with Gasteiger partial charge in [-0.2, -0.15) is 15.0 Å². The van der Waals surface area contributed by atoms with Crippen molar-refractivity contribution in [2.45, 2.75) is 26.0 Å². The summed E-state index contributed by atoms with van der Waals surface area (Å²) in [4.78, 5) is 50.6. The average Bonchev–Trinajstić information content (AvgIpc) is 2.98. The van der Waals surface area contributed by atoms with Gasteiger partial charge in [-0.25, -0.2) is 4.79 Å². The standard InChI is InChI=1S/C18H20N6O4/c1-23(2)18-21-13(20-17(19)22-18)10-28-16(27)12-5-3-11(4-6-12)9-24-14(25)7-8-15(24)26/h3-6H,7-10H2,1-2H3,(H2,19,20,21,22). The van der Waals surface area contributed by atoms with E-state index in [0.29, 0.717) is 11.5 Å². The van der Waals surface area contributed by atoms with E-state index in [1.807, 2.05) is 0 Å². The second-order valence-electron chi connectivity index (χ2n) is 6.45. The molecule has 2 heterocycles. The van der Waals surface area contributed by atoms with E-state index in [9.17, 15) is 14.4 Å². The third-order valence-corrected chi connectivity index (χ3v) is 4.10. The Balaban J connectivity index is 1.61. The Morgan fingerprint density at radius 3 is 2.36 bits per heavy atom. The predicted molar refractivity (Wildman–Crippen MR) is 98.9 cm³/mol. The highest BCUT2D eigenvalue weighted by atomic mass is 16.5. The van der Waals surface area contributed by atoms with Crippen molar-refractivity contribution < 1.29 is 19.1 Å². The van der Waals surface area contributed by atoms with Crippen LogP contribution in [0.25, 0.3) is 0 Å². The number of nitrogen functional groups attached to an aromatic ring is 1. The van der Waals surface area contributed by atoms with Gasteiger partial charge >= 0.3 is 5.97 Å². The number of aromatic nitrogens is 3. The second kappa shape index (κ2) is 7.99. The summed E-state index contributed by atoms with van der Waals surface area (Å²) in [5.74, 6) is -0.254. The van der Waals surface area contributed by atoms with Crippen molar-refractivity contribution in [3.63, 3.8) is 0 Å². The molecule has 28 heavy (non-hydrogen) atoms. The number of nitrogens with two attached hydrogens (primary N) is 1. The van der Waals surface area contributed by atoms with Crippen LogP contribution in [0.4, 0.5) is 11.9 Å². The molecule has 1 aromatic heterocycles. The van der Waals surface area contributed by atoms with E-state index in [4.69, 9.17) is 10.5 Å². The Morgan fingerprint density at radius 1 is 1.11 bits per heavy atom. The predicted octanol–water partition coefficient (Wildman–Crippen LogP) is 0.526. The molecule has 2 aromatic rings. The van der Waals surface area contributed by atoms with Crippen LogP contribution in [0.1, 0.15) is 34.6 Å². The molecule has 0 unspecified atom stereocenters. The molecule has 0 atom stereocenters. The maximum absolute atomic E-state index is 12.2. The fourth-order valence-corrected chi connectivity index (χ4v) is 2.63. The lowest BCUT2D eigenvalue weighted by Crippen LogP contribution is -2.28. The van der Waals surface area contributed by atoms with Gasteiger partial charge in [0.05, 0.1) is 12.1 Å². The minimum absolute atomic E-state index is 0.0418. The summed E-state index contributed by atoms with van der Waals surface area (Å²) in [5, 5.41) is 0. The number of hydrogen-bond donors (Lipinski definition) is 1. The van der Waals surface area contributed by atoms with Crippen molar-refractivity contribution in [2.24, 2.45) is 0 Å². The van der Waals surface area contributed by atoms with Crippen molar-refractivity contribution in [3.05, 3.63) is 41.2 Å². The van der Waals surface area contributed by atoms with E-state index < -0.39 is 5.97 Å². The number of nitrogens with zero attached hydrogens (tertiary/aromatic N) is 5. The van der Waals surface area contributed by atoms with E-state index in [1.54, 1.807) is 43.3 Å². The second-order valence-corrected chi connectivity index (χ2v) is 6.45. The normalized spacial score (nSPS) is 13.7. The lowest BCUT2D eigenvalue weighted by molar-refractivity contribution is -0.139. The molecule has 3 rings (SSSR count). The Kier molecular flexibility index (Phi) is 5.48. The van der Waals surface area contributed by atoms with Gasteiger partial charge in [-0.15, -0.1) is 0 Å². The number of benzene rings is 1. The molecule has 2 amide bonds. The SMILES string of the molecule is CN(C)c1nc(N)nc(COC(=O)c2ccc(CN3C(=O)CCC3=O)cc2)n1. The van der Waals surface area contributed by atoms with Gasteiger partial charge in [-0.1, -0.05) is 12.1 Å². The van der Waals surface area contributed by atoms with Gasteiger partial charge in [-0.05, 0) is 17.7 Å². The maximum Gasteiger partial charge on any atom is 0.338 e. The lowest BCUT2D eigenvalue weighted by Gasteiger charge is -2.14. The summed E-state index contributed by atoms with van der Waals surface area (Å²) in [6.07, 6.45) is 0.501. The number of amides is 2. The molecule has 0 aliphatic carbocycles. The zero-order valence-corrected chi connectivity index (χ0v) is 15.6. The van der Waals surface area contributed by atoms with Gasteiger partial charge in [0.15, 0.2) is 12.4 Å². The van der Waals surface area contributed by atoms with Crippen LogP contribution < -0.4 is 10.6 Å². The van der Waals surface area contributed by atoms with Crippen LogP contribution in [0.3, 0.4) is 0 Å². The van der Waals surface area contributed by atoms with Crippen LogP contribution in [0.15, 0.2) is 24.3 Å². The van der Waals surface area contributed by atoms with Crippen molar-refractivity contribution in [2.75, 3.05) is 24.7 Å². The van der Waals surface area contributed by atoms with Crippen LogP contribution in [0.5, 0.6) is 0 Å². The van der Waals surface area contributed by atoms with Crippen molar-refractivity contribution in [1.29, 1.82) is 0 Å². The fraction of sp³-hybridized carbons (Fsp3) is 0.333. The van der Waals surface area contributed by atoms with Crippen LogP contribution in [0, 0.1) is 0 Å².